The molecule has 1 unspecified atom stereocenters. The molecule has 0 aliphatic heterocycles. The van der Waals surface area contributed by atoms with Gasteiger partial charge in [-0.1, -0.05) is 18.9 Å². The molecule has 1 aliphatic rings. The summed E-state index contributed by atoms with van der Waals surface area (Å²) in [5, 5.41) is 0. The summed E-state index contributed by atoms with van der Waals surface area (Å²) in [6.07, 6.45) is 4.25. The first-order valence-electron chi connectivity index (χ1n) is 6.40. The van der Waals surface area contributed by atoms with Gasteiger partial charge < -0.3 is 4.74 Å². The van der Waals surface area contributed by atoms with Crippen molar-refractivity contribution in [3.8, 4) is 0 Å². The number of hydrogen-bond acceptors (Lipinski definition) is 3. The average molecular weight is 252 g/mol. The van der Waals surface area contributed by atoms with Gasteiger partial charge in [-0.3, -0.25) is 11.3 Å². The van der Waals surface area contributed by atoms with Crippen molar-refractivity contribution in [3.05, 3.63) is 35.1 Å². The number of hydrazine groups is 1. The largest absolute Gasteiger partial charge is 0.376 e. The topological polar surface area (TPSA) is 47.3 Å². The molecular formula is C14H21FN2O. The van der Waals surface area contributed by atoms with E-state index in [2.05, 4.69) is 5.43 Å². The van der Waals surface area contributed by atoms with Crippen molar-refractivity contribution in [3.63, 3.8) is 0 Å². The number of ether oxygens (including phenoxy) is 1. The van der Waals surface area contributed by atoms with Crippen LogP contribution in [0.5, 0.6) is 0 Å². The van der Waals surface area contributed by atoms with Crippen LogP contribution in [0.3, 0.4) is 0 Å². The van der Waals surface area contributed by atoms with E-state index >= 15 is 0 Å². The van der Waals surface area contributed by atoms with Gasteiger partial charge in [-0.25, -0.2) is 4.39 Å². The Kier molecular flexibility index (Phi) is 4.00. The predicted octanol–water partition coefficient (Wildman–Crippen LogP) is 2.60. The van der Waals surface area contributed by atoms with Crippen LogP contribution < -0.4 is 11.3 Å². The van der Waals surface area contributed by atoms with Crippen molar-refractivity contribution in [1.82, 2.24) is 5.43 Å². The molecule has 100 valence electrons. The molecule has 3 nitrogen and oxygen atoms in total. The lowest BCUT2D eigenvalue weighted by atomic mass is 9.85. The molecule has 18 heavy (non-hydrogen) atoms. The van der Waals surface area contributed by atoms with Crippen molar-refractivity contribution in [2.45, 2.75) is 44.2 Å². The smallest absolute Gasteiger partial charge is 0.123 e. The average Bonchev–Trinajstić information content (AvgIpc) is 2.83. The maximum atomic E-state index is 13.2. The van der Waals surface area contributed by atoms with E-state index < -0.39 is 0 Å². The molecule has 1 saturated carbocycles. The molecule has 0 aromatic heterocycles. The third-order valence-electron chi connectivity index (χ3n) is 4.09. The zero-order chi connectivity index (χ0) is 13.2. The van der Waals surface area contributed by atoms with E-state index in [1.807, 2.05) is 6.92 Å². The third kappa shape index (κ3) is 2.28. The Hall–Kier alpha value is -0.970. The minimum atomic E-state index is -0.267. The van der Waals surface area contributed by atoms with Crippen molar-refractivity contribution in [2.75, 3.05) is 7.11 Å². The van der Waals surface area contributed by atoms with Crippen molar-refractivity contribution in [1.29, 1.82) is 0 Å². The van der Waals surface area contributed by atoms with Gasteiger partial charge in [-0.15, -0.1) is 0 Å². The zero-order valence-corrected chi connectivity index (χ0v) is 11.0. The standard InChI is InChI=1S/C14H21FN2O/c1-10-9-11(15)5-6-12(10)13(17-16)14(18-2)7-3-4-8-14/h5-6,9,13,17H,3-4,7-8,16H2,1-2H3. The van der Waals surface area contributed by atoms with Crippen LogP contribution in [0.15, 0.2) is 18.2 Å². The lowest BCUT2D eigenvalue weighted by molar-refractivity contribution is -0.0370. The molecule has 3 N–H and O–H groups in total. The van der Waals surface area contributed by atoms with Crippen LogP contribution >= 0.6 is 0 Å². The molecule has 1 atom stereocenters. The highest BCUT2D eigenvalue weighted by molar-refractivity contribution is 5.32. The molecule has 0 spiro atoms. The third-order valence-corrected chi connectivity index (χ3v) is 4.09. The van der Waals surface area contributed by atoms with Crippen LogP contribution in [-0.4, -0.2) is 12.7 Å². The maximum absolute atomic E-state index is 13.2. The van der Waals surface area contributed by atoms with E-state index in [0.717, 1.165) is 36.8 Å². The maximum Gasteiger partial charge on any atom is 0.123 e. The number of nitrogens with one attached hydrogen (secondary N) is 1. The fourth-order valence-electron chi connectivity index (χ4n) is 3.07. The highest BCUT2D eigenvalue weighted by Gasteiger charge is 2.42. The molecule has 0 saturated heterocycles. The van der Waals surface area contributed by atoms with E-state index in [9.17, 15) is 4.39 Å². The lowest BCUT2D eigenvalue weighted by Gasteiger charge is -2.37. The van der Waals surface area contributed by atoms with Crippen LogP contribution in [0.1, 0.15) is 42.9 Å². The molecule has 1 fully saturated rings. The second-order valence-electron chi connectivity index (χ2n) is 5.08. The summed E-state index contributed by atoms with van der Waals surface area (Å²) >= 11 is 0. The van der Waals surface area contributed by atoms with Gasteiger partial charge >= 0.3 is 0 Å². The van der Waals surface area contributed by atoms with Crippen LogP contribution in [-0.2, 0) is 4.74 Å². The Morgan fingerprint density at radius 3 is 2.56 bits per heavy atom. The molecular weight excluding hydrogens is 231 g/mol. The minimum absolute atomic E-state index is 0.0920. The van der Waals surface area contributed by atoms with Crippen molar-refractivity contribution < 1.29 is 9.13 Å². The first-order chi connectivity index (χ1) is 8.63. The number of benzene rings is 1. The van der Waals surface area contributed by atoms with Gasteiger partial charge in [-0.05, 0) is 43.0 Å². The zero-order valence-electron chi connectivity index (χ0n) is 11.0. The Morgan fingerprint density at radius 2 is 2.06 bits per heavy atom. The van der Waals surface area contributed by atoms with E-state index in [-0.39, 0.29) is 17.5 Å². The first kappa shape index (κ1) is 13.5. The molecule has 0 heterocycles. The summed E-state index contributed by atoms with van der Waals surface area (Å²) in [4.78, 5) is 0. The monoisotopic (exact) mass is 252 g/mol. The normalized spacial score (nSPS) is 20.0. The van der Waals surface area contributed by atoms with Crippen molar-refractivity contribution in [2.24, 2.45) is 5.84 Å². The van der Waals surface area contributed by atoms with Gasteiger partial charge in [0, 0.05) is 7.11 Å². The Bertz CT molecular complexity index is 416. The van der Waals surface area contributed by atoms with Crippen LogP contribution in [0.25, 0.3) is 0 Å². The Morgan fingerprint density at radius 1 is 1.39 bits per heavy atom. The molecule has 1 aliphatic carbocycles. The SMILES string of the molecule is COC1(C(NN)c2ccc(F)cc2C)CCCC1. The molecule has 0 radical (unpaired) electrons. The molecule has 2 rings (SSSR count). The van der Waals surface area contributed by atoms with E-state index in [0.29, 0.717) is 0 Å². The highest BCUT2D eigenvalue weighted by Crippen LogP contribution is 2.42. The van der Waals surface area contributed by atoms with Crippen molar-refractivity contribution >= 4 is 0 Å². The Labute approximate surface area is 107 Å². The van der Waals surface area contributed by atoms with Crippen LogP contribution in [0.2, 0.25) is 0 Å². The summed E-state index contributed by atoms with van der Waals surface area (Å²) < 4.78 is 18.9. The summed E-state index contributed by atoms with van der Waals surface area (Å²) in [6, 6.07) is 4.72. The molecule has 0 amide bonds. The highest BCUT2D eigenvalue weighted by atomic mass is 19.1. The van der Waals surface area contributed by atoms with Crippen LogP contribution in [0, 0.1) is 12.7 Å². The number of methoxy groups -OCH3 is 1. The summed E-state index contributed by atoms with van der Waals surface area (Å²) in [7, 11) is 1.73. The molecule has 1 aromatic carbocycles. The fraction of sp³-hybridized carbons (Fsp3) is 0.571. The fourth-order valence-corrected chi connectivity index (χ4v) is 3.07. The summed E-state index contributed by atoms with van der Waals surface area (Å²) in [5.41, 5.74) is 4.52. The van der Waals surface area contributed by atoms with Gasteiger partial charge in [0.1, 0.15) is 5.82 Å². The number of nitrogens with two attached hydrogens (primary N) is 1. The second kappa shape index (κ2) is 5.34. The van der Waals surface area contributed by atoms with E-state index in [1.54, 1.807) is 13.2 Å². The minimum Gasteiger partial charge on any atom is -0.376 e. The quantitative estimate of drug-likeness (QED) is 0.639. The number of rotatable bonds is 4. The molecule has 1 aromatic rings. The number of halogens is 1. The van der Waals surface area contributed by atoms with E-state index in [1.165, 1.54) is 12.1 Å². The second-order valence-corrected chi connectivity index (χ2v) is 5.08. The van der Waals surface area contributed by atoms with Gasteiger partial charge in [0.15, 0.2) is 0 Å². The van der Waals surface area contributed by atoms with E-state index in [4.69, 9.17) is 10.6 Å². The summed E-state index contributed by atoms with van der Waals surface area (Å²) in [6.45, 7) is 1.90. The summed E-state index contributed by atoms with van der Waals surface area (Å²) in [5.74, 6) is 5.51. The molecule has 0 bridgehead atoms. The van der Waals surface area contributed by atoms with Gasteiger partial charge in [0.25, 0.3) is 0 Å². The van der Waals surface area contributed by atoms with Gasteiger partial charge in [-0.2, -0.15) is 0 Å². The van der Waals surface area contributed by atoms with Crippen LogP contribution in [0.4, 0.5) is 4.39 Å². The number of hydrogen-bond donors (Lipinski definition) is 2. The van der Waals surface area contributed by atoms with Gasteiger partial charge in [0.05, 0.1) is 11.6 Å². The predicted molar refractivity (Wildman–Crippen MR) is 69.4 cm³/mol. The Balaban J connectivity index is 2.38. The lowest BCUT2D eigenvalue weighted by Crippen LogP contribution is -2.46. The molecule has 4 heteroatoms. The number of aryl methyl sites for hydroxylation is 1. The first-order valence-corrected chi connectivity index (χ1v) is 6.40. The van der Waals surface area contributed by atoms with Gasteiger partial charge in [0.2, 0.25) is 0 Å².